The summed E-state index contributed by atoms with van der Waals surface area (Å²) in [5.41, 5.74) is 1.20. The van der Waals surface area contributed by atoms with Gasteiger partial charge in [0.05, 0.1) is 6.10 Å². The molecule has 20 heavy (non-hydrogen) atoms. The zero-order chi connectivity index (χ0) is 14.2. The summed E-state index contributed by atoms with van der Waals surface area (Å²) in [6.45, 7) is 4.55. The smallest absolute Gasteiger partial charge is 0.119 e. The molecule has 2 N–H and O–H groups in total. The van der Waals surface area contributed by atoms with E-state index in [2.05, 4.69) is 5.32 Å². The number of aryl methyl sites for hydroxylation is 1. The summed E-state index contributed by atoms with van der Waals surface area (Å²) in [6.07, 6.45) is 3.33. The maximum absolute atomic E-state index is 9.87. The van der Waals surface area contributed by atoms with Gasteiger partial charge in [-0.2, -0.15) is 0 Å². The van der Waals surface area contributed by atoms with Crippen molar-refractivity contribution in [2.45, 2.75) is 38.4 Å². The molecule has 1 aliphatic rings. The second-order valence-corrected chi connectivity index (χ2v) is 5.42. The van der Waals surface area contributed by atoms with Gasteiger partial charge in [-0.15, -0.1) is 0 Å². The molecule has 0 aliphatic carbocycles. The van der Waals surface area contributed by atoms with E-state index in [9.17, 15) is 5.11 Å². The number of aliphatic hydroxyl groups is 1. The van der Waals surface area contributed by atoms with Crippen molar-refractivity contribution in [1.82, 2.24) is 5.32 Å². The molecule has 1 fully saturated rings. The van der Waals surface area contributed by atoms with Crippen LogP contribution in [0, 0.1) is 6.92 Å². The molecular formula is C16H25NO3. The number of benzene rings is 1. The summed E-state index contributed by atoms with van der Waals surface area (Å²) in [5, 5.41) is 13.1. The average molecular weight is 279 g/mol. The second-order valence-electron chi connectivity index (χ2n) is 5.42. The molecule has 1 aromatic carbocycles. The van der Waals surface area contributed by atoms with E-state index < -0.39 is 6.10 Å². The van der Waals surface area contributed by atoms with Crippen molar-refractivity contribution in [2.24, 2.45) is 0 Å². The van der Waals surface area contributed by atoms with Crippen molar-refractivity contribution in [3.63, 3.8) is 0 Å². The zero-order valence-corrected chi connectivity index (χ0v) is 12.2. The van der Waals surface area contributed by atoms with E-state index in [4.69, 9.17) is 9.47 Å². The molecule has 1 aliphatic heterocycles. The van der Waals surface area contributed by atoms with Gasteiger partial charge in [-0.25, -0.2) is 0 Å². The van der Waals surface area contributed by atoms with Crippen LogP contribution in [0.25, 0.3) is 0 Å². The fourth-order valence-electron chi connectivity index (χ4n) is 2.27. The van der Waals surface area contributed by atoms with E-state index in [1.807, 2.05) is 31.2 Å². The second kappa shape index (κ2) is 8.25. The van der Waals surface area contributed by atoms with Gasteiger partial charge in [-0.1, -0.05) is 17.7 Å². The van der Waals surface area contributed by atoms with Crippen LogP contribution in [0.4, 0.5) is 0 Å². The van der Waals surface area contributed by atoms with Crippen LogP contribution < -0.4 is 10.1 Å². The number of aliphatic hydroxyl groups excluding tert-OH is 1. The highest BCUT2D eigenvalue weighted by Crippen LogP contribution is 2.12. The Labute approximate surface area is 121 Å². The molecular weight excluding hydrogens is 254 g/mol. The van der Waals surface area contributed by atoms with Crippen molar-refractivity contribution < 1.29 is 14.6 Å². The Morgan fingerprint density at radius 3 is 2.85 bits per heavy atom. The van der Waals surface area contributed by atoms with E-state index in [-0.39, 0.29) is 0 Å². The molecule has 1 saturated heterocycles. The van der Waals surface area contributed by atoms with Gasteiger partial charge in [0.1, 0.15) is 18.5 Å². The fraction of sp³-hybridized carbons (Fsp3) is 0.625. The van der Waals surface area contributed by atoms with Crippen LogP contribution >= 0.6 is 0 Å². The Bertz CT molecular complexity index is 374. The van der Waals surface area contributed by atoms with Crippen LogP contribution in [0.2, 0.25) is 0 Å². The molecule has 2 atom stereocenters. The number of ether oxygens (including phenoxy) is 2. The van der Waals surface area contributed by atoms with Gasteiger partial charge in [0.15, 0.2) is 0 Å². The lowest BCUT2D eigenvalue weighted by Crippen LogP contribution is -2.37. The lowest BCUT2D eigenvalue weighted by Gasteiger charge is -2.23. The molecule has 2 unspecified atom stereocenters. The third kappa shape index (κ3) is 5.49. The third-order valence-electron chi connectivity index (χ3n) is 3.49. The lowest BCUT2D eigenvalue weighted by molar-refractivity contribution is 0.0141. The SMILES string of the molecule is Cc1ccc(OCC(O)CNCC2CCCCO2)cc1. The first-order valence-corrected chi connectivity index (χ1v) is 7.44. The Morgan fingerprint density at radius 1 is 1.35 bits per heavy atom. The molecule has 0 aromatic heterocycles. The molecule has 112 valence electrons. The van der Waals surface area contributed by atoms with Gasteiger partial charge >= 0.3 is 0 Å². The Balaban J connectivity index is 1.57. The van der Waals surface area contributed by atoms with Crippen molar-refractivity contribution in [3.8, 4) is 5.75 Å². The monoisotopic (exact) mass is 279 g/mol. The van der Waals surface area contributed by atoms with Gasteiger partial charge in [0.2, 0.25) is 0 Å². The quantitative estimate of drug-likeness (QED) is 0.800. The van der Waals surface area contributed by atoms with Crippen molar-refractivity contribution in [1.29, 1.82) is 0 Å². The molecule has 0 amide bonds. The number of hydrogen-bond acceptors (Lipinski definition) is 4. The Kier molecular flexibility index (Phi) is 6.30. The Morgan fingerprint density at radius 2 is 2.15 bits per heavy atom. The standard InChI is InChI=1S/C16H25NO3/c1-13-5-7-15(8-6-13)20-12-14(18)10-17-11-16-4-2-3-9-19-16/h5-8,14,16-18H,2-4,9-12H2,1H3. The van der Waals surface area contributed by atoms with Crippen LogP contribution in [-0.2, 0) is 4.74 Å². The fourth-order valence-corrected chi connectivity index (χ4v) is 2.27. The summed E-state index contributed by atoms with van der Waals surface area (Å²) in [6, 6.07) is 7.84. The zero-order valence-electron chi connectivity index (χ0n) is 12.2. The predicted octanol–water partition coefficient (Wildman–Crippen LogP) is 1.89. The lowest BCUT2D eigenvalue weighted by atomic mass is 10.1. The molecule has 0 saturated carbocycles. The maximum Gasteiger partial charge on any atom is 0.119 e. The first-order chi connectivity index (χ1) is 9.74. The molecule has 4 heteroatoms. The third-order valence-corrected chi connectivity index (χ3v) is 3.49. The predicted molar refractivity (Wildman–Crippen MR) is 79.1 cm³/mol. The highest BCUT2D eigenvalue weighted by atomic mass is 16.5. The van der Waals surface area contributed by atoms with Gasteiger partial charge in [0, 0.05) is 19.7 Å². The number of hydrogen-bond donors (Lipinski definition) is 2. The number of nitrogens with one attached hydrogen (secondary N) is 1. The summed E-state index contributed by atoms with van der Waals surface area (Å²) >= 11 is 0. The average Bonchev–Trinajstić information content (AvgIpc) is 2.48. The van der Waals surface area contributed by atoms with E-state index in [1.54, 1.807) is 0 Å². The summed E-state index contributed by atoms with van der Waals surface area (Å²) in [7, 11) is 0. The molecule has 0 spiro atoms. The minimum Gasteiger partial charge on any atom is -0.491 e. The van der Waals surface area contributed by atoms with Gasteiger partial charge in [0.25, 0.3) is 0 Å². The van der Waals surface area contributed by atoms with E-state index in [0.29, 0.717) is 19.3 Å². The van der Waals surface area contributed by atoms with Gasteiger partial charge in [-0.3, -0.25) is 0 Å². The summed E-state index contributed by atoms with van der Waals surface area (Å²) in [5.74, 6) is 0.797. The first kappa shape index (κ1) is 15.3. The van der Waals surface area contributed by atoms with Crippen molar-refractivity contribution in [2.75, 3.05) is 26.3 Å². The van der Waals surface area contributed by atoms with Crippen LogP contribution in [0.3, 0.4) is 0 Å². The Hall–Kier alpha value is -1.10. The summed E-state index contributed by atoms with van der Waals surface area (Å²) in [4.78, 5) is 0. The maximum atomic E-state index is 9.87. The van der Waals surface area contributed by atoms with Gasteiger partial charge < -0.3 is 19.9 Å². The number of rotatable bonds is 7. The highest BCUT2D eigenvalue weighted by Gasteiger charge is 2.14. The van der Waals surface area contributed by atoms with Crippen LogP contribution in [-0.4, -0.2) is 43.6 Å². The highest BCUT2D eigenvalue weighted by molar-refractivity contribution is 5.26. The molecule has 0 radical (unpaired) electrons. The molecule has 1 heterocycles. The van der Waals surface area contributed by atoms with E-state index >= 15 is 0 Å². The molecule has 1 aromatic rings. The van der Waals surface area contributed by atoms with Crippen LogP contribution in [0.15, 0.2) is 24.3 Å². The molecule has 4 nitrogen and oxygen atoms in total. The first-order valence-electron chi connectivity index (χ1n) is 7.44. The minimum atomic E-state index is -0.500. The van der Waals surface area contributed by atoms with Crippen molar-refractivity contribution >= 4 is 0 Å². The van der Waals surface area contributed by atoms with E-state index in [1.165, 1.54) is 18.4 Å². The normalized spacial score (nSPS) is 20.6. The minimum absolute atomic E-state index is 0.300. The van der Waals surface area contributed by atoms with E-state index in [0.717, 1.165) is 25.3 Å². The van der Waals surface area contributed by atoms with Crippen LogP contribution in [0.5, 0.6) is 5.75 Å². The summed E-state index contributed by atoms with van der Waals surface area (Å²) < 4.78 is 11.2. The van der Waals surface area contributed by atoms with Gasteiger partial charge in [-0.05, 0) is 38.3 Å². The largest absolute Gasteiger partial charge is 0.491 e. The molecule has 0 bridgehead atoms. The van der Waals surface area contributed by atoms with Crippen molar-refractivity contribution in [3.05, 3.63) is 29.8 Å². The van der Waals surface area contributed by atoms with Crippen LogP contribution in [0.1, 0.15) is 24.8 Å². The molecule has 2 rings (SSSR count). The topological polar surface area (TPSA) is 50.7 Å².